The van der Waals surface area contributed by atoms with Crippen LogP contribution in [0, 0.1) is 17.8 Å². The van der Waals surface area contributed by atoms with Gasteiger partial charge in [0.2, 0.25) is 0 Å². The molecule has 4 heteroatoms. The Bertz CT molecular complexity index is 321. The second kappa shape index (κ2) is 14.8. The Labute approximate surface area is 162 Å². The molecule has 0 radical (unpaired) electrons. The Morgan fingerprint density at radius 2 is 1.31 bits per heavy atom. The van der Waals surface area contributed by atoms with Gasteiger partial charge in [0.15, 0.2) is 0 Å². The number of aliphatic hydroxyl groups is 3. The van der Waals surface area contributed by atoms with Gasteiger partial charge in [-0.15, -0.1) is 0 Å². The second-order valence-electron chi connectivity index (χ2n) is 9.13. The molecule has 0 heterocycles. The number of aliphatic hydroxyl groups excluding tert-OH is 2. The Morgan fingerprint density at radius 3 is 1.77 bits per heavy atom. The summed E-state index contributed by atoms with van der Waals surface area (Å²) in [5, 5.41) is 31.9. The molecule has 0 aliphatic rings. The number of rotatable bonds is 17. The molecule has 0 saturated heterocycles. The first-order valence-electron chi connectivity index (χ1n) is 10.9. The summed E-state index contributed by atoms with van der Waals surface area (Å²) in [5.41, 5.74) is -0.936. The summed E-state index contributed by atoms with van der Waals surface area (Å²) >= 11 is 0. The summed E-state index contributed by atoms with van der Waals surface area (Å²) in [7, 11) is 0. The highest BCUT2D eigenvalue weighted by Crippen LogP contribution is 2.24. The Hall–Kier alpha value is -0.160. The van der Waals surface area contributed by atoms with Gasteiger partial charge >= 0.3 is 0 Å². The summed E-state index contributed by atoms with van der Waals surface area (Å²) in [6.45, 7) is 11.4. The van der Waals surface area contributed by atoms with Crippen LogP contribution >= 0.6 is 0 Å². The predicted molar refractivity (Wildman–Crippen MR) is 111 cm³/mol. The van der Waals surface area contributed by atoms with Crippen molar-refractivity contribution in [3.05, 3.63) is 0 Å². The van der Waals surface area contributed by atoms with Crippen molar-refractivity contribution < 1.29 is 15.3 Å². The van der Waals surface area contributed by atoms with E-state index in [2.05, 4.69) is 33.0 Å². The first-order valence-corrected chi connectivity index (χ1v) is 10.9. The van der Waals surface area contributed by atoms with E-state index in [9.17, 15) is 10.2 Å². The molecule has 4 N–H and O–H groups in total. The van der Waals surface area contributed by atoms with Crippen LogP contribution in [0.15, 0.2) is 0 Å². The minimum atomic E-state index is -0.936. The molecular weight excluding hydrogens is 326 g/mol. The van der Waals surface area contributed by atoms with Crippen molar-refractivity contribution >= 4 is 0 Å². The average molecular weight is 374 g/mol. The van der Waals surface area contributed by atoms with E-state index >= 15 is 0 Å². The normalized spacial score (nSPS) is 17.9. The molecule has 26 heavy (non-hydrogen) atoms. The van der Waals surface area contributed by atoms with Gasteiger partial charge in [0.05, 0.1) is 24.9 Å². The third kappa shape index (κ3) is 13.1. The van der Waals surface area contributed by atoms with Gasteiger partial charge in [-0.3, -0.25) is 0 Å². The van der Waals surface area contributed by atoms with Gasteiger partial charge in [-0.05, 0) is 31.1 Å². The zero-order valence-electron chi connectivity index (χ0n) is 18.1. The molecule has 0 bridgehead atoms. The lowest BCUT2D eigenvalue weighted by Crippen LogP contribution is -2.51. The van der Waals surface area contributed by atoms with Crippen molar-refractivity contribution in [3.63, 3.8) is 0 Å². The lowest BCUT2D eigenvalue weighted by Gasteiger charge is -2.32. The summed E-state index contributed by atoms with van der Waals surface area (Å²) < 4.78 is 0. The summed E-state index contributed by atoms with van der Waals surface area (Å²) in [6.07, 6.45) is 10.7. The van der Waals surface area contributed by atoms with E-state index in [0.29, 0.717) is 18.9 Å². The van der Waals surface area contributed by atoms with Crippen LogP contribution in [0.5, 0.6) is 0 Å². The molecular formula is C22H47NO3. The largest absolute Gasteiger partial charge is 0.395 e. The van der Waals surface area contributed by atoms with Crippen LogP contribution in [0.25, 0.3) is 0 Å². The molecule has 0 rings (SSSR count). The summed E-state index contributed by atoms with van der Waals surface area (Å²) in [6, 6.07) is -0.378. The summed E-state index contributed by atoms with van der Waals surface area (Å²) in [5.74, 6) is 2.35. The van der Waals surface area contributed by atoms with Gasteiger partial charge in [-0.2, -0.15) is 0 Å². The molecule has 0 aliphatic heterocycles. The highest BCUT2D eigenvalue weighted by Gasteiger charge is 2.30. The monoisotopic (exact) mass is 373 g/mol. The molecule has 0 aromatic rings. The van der Waals surface area contributed by atoms with E-state index in [1.807, 2.05) is 0 Å². The van der Waals surface area contributed by atoms with E-state index in [4.69, 9.17) is 5.11 Å². The highest BCUT2D eigenvalue weighted by atomic mass is 16.3. The predicted octanol–water partition coefficient (Wildman–Crippen LogP) is 4.12. The van der Waals surface area contributed by atoms with Crippen molar-refractivity contribution in [1.82, 2.24) is 5.32 Å². The maximum absolute atomic E-state index is 10.6. The Morgan fingerprint density at radius 1 is 0.808 bits per heavy atom. The maximum Gasteiger partial charge on any atom is 0.0794 e. The molecule has 0 aromatic carbocycles. The second-order valence-corrected chi connectivity index (χ2v) is 9.13. The Kier molecular flexibility index (Phi) is 14.8. The van der Waals surface area contributed by atoms with Gasteiger partial charge in [-0.1, -0.05) is 79.1 Å². The third-order valence-electron chi connectivity index (χ3n) is 5.69. The lowest BCUT2D eigenvalue weighted by atomic mass is 9.87. The fourth-order valence-corrected chi connectivity index (χ4v) is 3.68. The molecule has 158 valence electrons. The fourth-order valence-electron chi connectivity index (χ4n) is 3.68. The molecule has 0 saturated carbocycles. The van der Waals surface area contributed by atoms with E-state index in [0.717, 1.165) is 24.7 Å². The van der Waals surface area contributed by atoms with E-state index in [1.54, 1.807) is 6.92 Å². The van der Waals surface area contributed by atoms with Crippen LogP contribution in [0.3, 0.4) is 0 Å². The molecule has 0 aliphatic carbocycles. The van der Waals surface area contributed by atoms with Crippen LogP contribution in [0.2, 0.25) is 0 Å². The van der Waals surface area contributed by atoms with E-state index < -0.39 is 5.60 Å². The van der Waals surface area contributed by atoms with Crippen LogP contribution in [0.4, 0.5) is 0 Å². The van der Waals surface area contributed by atoms with Crippen molar-refractivity contribution in [2.24, 2.45) is 17.8 Å². The van der Waals surface area contributed by atoms with Gasteiger partial charge in [0.25, 0.3) is 0 Å². The van der Waals surface area contributed by atoms with Crippen molar-refractivity contribution in [1.29, 1.82) is 0 Å². The molecule has 4 nitrogen and oxygen atoms in total. The average Bonchev–Trinajstić information content (AvgIpc) is 2.54. The quantitative estimate of drug-likeness (QED) is 0.309. The van der Waals surface area contributed by atoms with Crippen LogP contribution in [0.1, 0.15) is 92.4 Å². The standard InChI is InChI=1S/C22H47NO3/c1-18(2)9-6-10-19(3)11-7-12-20(4)13-8-14-22(5,26)21(17-25)23-15-16-24/h18-21,23-26H,6-17H2,1-5H3. The first kappa shape index (κ1) is 25.8. The first-order chi connectivity index (χ1) is 12.2. The molecule has 0 spiro atoms. The minimum absolute atomic E-state index is 0.0134. The van der Waals surface area contributed by atoms with Crippen LogP contribution in [-0.2, 0) is 0 Å². The SMILES string of the molecule is CC(C)CCCC(C)CCCC(C)CCCC(C)(O)C(CO)NCCO. The van der Waals surface area contributed by atoms with E-state index in [-0.39, 0.29) is 19.3 Å². The van der Waals surface area contributed by atoms with Crippen LogP contribution in [-0.4, -0.2) is 46.7 Å². The molecule has 4 unspecified atom stereocenters. The molecule has 0 fully saturated rings. The number of nitrogens with one attached hydrogen (secondary N) is 1. The third-order valence-corrected chi connectivity index (χ3v) is 5.69. The number of hydrogen-bond acceptors (Lipinski definition) is 4. The maximum atomic E-state index is 10.6. The summed E-state index contributed by atoms with van der Waals surface area (Å²) in [4.78, 5) is 0. The van der Waals surface area contributed by atoms with Gasteiger partial charge in [-0.25, -0.2) is 0 Å². The lowest BCUT2D eigenvalue weighted by molar-refractivity contribution is -0.0119. The van der Waals surface area contributed by atoms with Gasteiger partial charge in [0, 0.05) is 6.54 Å². The minimum Gasteiger partial charge on any atom is -0.395 e. The smallest absolute Gasteiger partial charge is 0.0794 e. The fraction of sp³-hybridized carbons (Fsp3) is 1.00. The van der Waals surface area contributed by atoms with Crippen molar-refractivity contribution in [2.45, 2.75) is 104 Å². The molecule has 0 aromatic heterocycles. The van der Waals surface area contributed by atoms with Crippen molar-refractivity contribution in [2.75, 3.05) is 19.8 Å². The van der Waals surface area contributed by atoms with Crippen molar-refractivity contribution in [3.8, 4) is 0 Å². The van der Waals surface area contributed by atoms with E-state index in [1.165, 1.54) is 38.5 Å². The zero-order valence-corrected chi connectivity index (χ0v) is 18.1. The highest BCUT2D eigenvalue weighted by molar-refractivity contribution is 4.87. The zero-order chi connectivity index (χ0) is 20.0. The van der Waals surface area contributed by atoms with Gasteiger partial charge in [0.1, 0.15) is 0 Å². The number of hydrogen-bond donors (Lipinski definition) is 4. The van der Waals surface area contributed by atoms with Crippen LogP contribution < -0.4 is 5.32 Å². The van der Waals surface area contributed by atoms with Gasteiger partial charge < -0.3 is 20.6 Å². The molecule has 0 amide bonds. The topological polar surface area (TPSA) is 72.7 Å². The molecule has 4 atom stereocenters. The Balaban J connectivity index is 3.88.